The number of amides is 1. The third-order valence-electron chi connectivity index (χ3n) is 6.35. The minimum atomic E-state index is -0.497. The van der Waals surface area contributed by atoms with Crippen LogP contribution in [-0.2, 0) is 16.6 Å². The van der Waals surface area contributed by atoms with E-state index in [4.69, 9.17) is 4.74 Å². The molecule has 1 amide bonds. The van der Waals surface area contributed by atoms with Gasteiger partial charge >= 0.3 is 6.09 Å². The van der Waals surface area contributed by atoms with Crippen LogP contribution in [0.5, 0.6) is 0 Å². The van der Waals surface area contributed by atoms with E-state index in [0.29, 0.717) is 12.1 Å². The number of benzene rings is 1. The van der Waals surface area contributed by atoms with Gasteiger partial charge in [0.05, 0.1) is 11.6 Å². The zero-order chi connectivity index (χ0) is 18.6. The van der Waals surface area contributed by atoms with Gasteiger partial charge in [-0.15, -0.1) is 0 Å². The van der Waals surface area contributed by atoms with E-state index >= 15 is 0 Å². The number of rotatable bonds is 0. The maximum Gasteiger partial charge on any atom is 0.410 e. The number of hydrogen-bond acceptors (Lipinski definition) is 3. The van der Waals surface area contributed by atoms with Gasteiger partial charge in [0.15, 0.2) is 0 Å². The van der Waals surface area contributed by atoms with Crippen molar-refractivity contribution in [3.63, 3.8) is 0 Å². The summed E-state index contributed by atoms with van der Waals surface area (Å²) in [5, 5.41) is 9.24. The van der Waals surface area contributed by atoms with Gasteiger partial charge in [-0.05, 0) is 62.3 Å². The van der Waals surface area contributed by atoms with E-state index < -0.39 is 5.60 Å². The van der Waals surface area contributed by atoms with Crippen molar-refractivity contribution in [2.75, 3.05) is 6.54 Å². The fourth-order valence-corrected chi connectivity index (χ4v) is 4.54. The third kappa shape index (κ3) is 2.70. The highest BCUT2D eigenvalue weighted by Crippen LogP contribution is 2.56. The largest absolute Gasteiger partial charge is 0.444 e. The standard InChI is InChI=1S/C21H28N2O2/c1-19(2,3)25-18(24)23-10-9-21(6)16-8-7-14(13-22)11-15(16)12-17(23)20(21,4)5/h7-8,11,17H,9-10,12H2,1-6H3/t17-,21+/m1/s1. The zero-order valence-electron chi connectivity index (χ0n) is 16.1. The molecule has 1 aliphatic heterocycles. The van der Waals surface area contributed by atoms with Crippen molar-refractivity contribution in [2.24, 2.45) is 5.41 Å². The Kier molecular flexibility index (Phi) is 3.91. The minimum absolute atomic E-state index is 0.0161. The quantitative estimate of drug-likeness (QED) is 0.703. The van der Waals surface area contributed by atoms with Crippen LogP contribution in [0.3, 0.4) is 0 Å². The second-order valence-corrected chi connectivity index (χ2v) is 9.18. The monoisotopic (exact) mass is 340 g/mol. The Morgan fingerprint density at radius 1 is 1.32 bits per heavy atom. The molecule has 2 bridgehead atoms. The normalized spacial score (nSPS) is 27.2. The van der Waals surface area contributed by atoms with Crippen molar-refractivity contribution in [3.8, 4) is 6.07 Å². The Hall–Kier alpha value is -2.02. The van der Waals surface area contributed by atoms with Crippen LogP contribution in [-0.4, -0.2) is 29.2 Å². The average molecular weight is 340 g/mol. The molecule has 0 radical (unpaired) electrons. The van der Waals surface area contributed by atoms with Gasteiger partial charge in [-0.2, -0.15) is 5.26 Å². The van der Waals surface area contributed by atoms with E-state index in [0.717, 1.165) is 12.8 Å². The van der Waals surface area contributed by atoms with E-state index in [1.54, 1.807) is 0 Å². The number of carbonyl (C=O) groups excluding carboxylic acids is 1. The first-order chi connectivity index (χ1) is 11.5. The molecule has 0 unspecified atom stereocenters. The van der Waals surface area contributed by atoms with Gasteiger partial charge < -0.3 is 9.64 Å². The number of likely N-dealkylation sites (tertiary alicyclic amines) is 1. The Balaban J connectivity index is 2.03. The van der Waals surface area contributed by atoms with E-state index in [2.05, 4.69) is 32.9 Å². The van der Waals surface area contributed by atoms with Crippen LogP contribution in [0.25, 0.3) is 0 Å². The van der Waals surface area contributed by atoms with Crippen molar-refractivity contribution in [1.29, 1.82) is 5.26 Å². The second kappa shape index (κ2) is 5.49. The van der Waals surface area contributed by atoms with Gasteiger partial charge in [-0.25, -0.2) is 4.79 Å². The summed E-state index contributed by atoms with van der Waals surface area (Å²) in [6.07, 6.45) is 1.44. The van der Waals surface area contributed by atoms with Crippen LogP contribution in [0.2, 0.25) is 0 Å². The van der Waals surface area contributed by atoms with Gasteiger partial charge in [0.2, 0.25) is 0 Å². The van der Waals surface area contributed by atoms with Crippen LogP contribution in [0.1, 0.15) is 64.7 Å². The number of piperidine rings is 1. The summed E-state index contributed by atoms with van der Waals surface area (Å²) in [5.74, 6) is 0. The number of ether oxygens (including phenoxy) is 1. The summed E-state index contributed by atoms with van der Waals surface area (Å²) in [6.45, 7) is 13.2. The molecule has 134 valence electrons. The summed E-state index contributed by atoms with van der Waals surface area (Å²) < 4.78 is 5.66. The maximum absolute atomic E-state index is 12.8. The fraction of sp³-hybridized carbons (Fsp3) is 0.619. The highest BCUT2D eigenvalue weighted by molar-refractivity contribution is 5.69. The molecule has 1 heterocycles. The molecule has 4 nitrogen and oxygen atoms in total. The molecule has 2 atom stereocenters. The lowest BCUT2D eigenvalue weighted by Gasteiger charge is -2.60. The van der Waals surface area contributed by atoms with Crippen molar-refractivity contribution in [2.45, 2.75) is 71.4 Å². The first-order valence-corrected chi connectivity index (χ1v) is 9.03. The summed E-state index contributed by atoms with van der Waals surface area (Å²) >= 11 is 0. The summed E-state index contributed by atoms with van der Waals surface area (Å²) in [4.78, 5) is 14.7. The number of carbonyl (C=O) groups is 1. The van der Waals surface area contributed by atoms with Crippen LogP contribution >= 0.6 is 0 Å². The lowest BCUT2D eigenvalue weighted by Crippen LogP contribution is -2.65. The highest BCUT2D eigenvalue weighted by atomic mass is 16.6. The molecule has 0 N–H and O–H groups in total. The first kappa shape index (κ1) is 17.8. The smallest absolute Gasteiger partial charge is 0.410 e. The molecule has 0 saturated carbocycles. The zero-order valence-corrected chi connectivity index (χ0v) is 16.1. The molecule has 0 spiro atoms. The first-order valence-electron chi connectivity index (χ1n) is 9.03. The second-order valence-electron chi connectivity index (χ2n) is 9.18. The Bertz CT molecular complexity index is 754. The van der Waals surface area contributed by atoms with Crippen molar-refractivity contribution in [1.82, 2.24) is 4.90 Å². The fourth-order valence-electron chi connectivity index (χ4n) is 4.54. The van der Waals surface area contributed by atoms with Gasteiger partial charge in [-0.1, -0.05) is 26.8 Å². The SMILES string of the molecule is CC(C)(C)OC(=O)N1CC[C@@]2(C)c3ccc(C#N)cc3C[C@@H]1C2(C)C. The molecule has 0 aromatic heterocycles. The highest BCUT2D eigenvalue weighted by Gasteiger charge is 2.57. The van der Waals surface area contributed by atoms with Gasteiger partial charge in [0.25, 0.3) is 0 Å². The summed E-state index contributed by atoms with van der Waals surface area (Å²) in [5.41, 5.74) is 2.63. The van der Waals surface area contributed by atoms with Gasteiger partial charge in [0.1, 0.15) is 5.60 Å². The average Bonchev–Trinajstić information content (AvgIpc) is 2.48. The van der Waals surface area contributed by atoms with Crippen LogP contribution in [0.4, 0.5) is 4.79 Å². The topological polar surface area (TPSA) is 53.3 Å². The molecule has 2 aliphatic rings. The lowest BCUT2D eigenvalue weighted by atomic mass is 9.51. The van der Waals surface area contributed by atoms with Crippen molar-refractivity contribution in [3.05, 3.63) is 34.9 Å². The summed E-state index contributed by atoms with van der Waals surface area (Å²) in [6, 6.07) is 8.34. The lowest BCUT2D eigenvalue weighted by molar-refractivity contribution is -0.0521. The van der Waals surface area contributed by atoms with Crippen molar-refractivity contribution < 1.29 is 9.53 Å². The molecule has 1 aromatic carbocycles. The van der Waals surface area contributed by atoms with Crippen LogP contribution in [0.15, 0.2) is 18.2 Å². The molecule has 1 aliphatic carbocycles. The van der Waals surface area contributed by atoms with Gasteiger partial charge in [-0.3, -0.25) is 0 Å². The molecule has 1 aromatic rings. The molecule has 1 fully saturated rings. The third-order valence-corrected chi connectivity index (χ3v) is 6.35. The van der Waals surface area contributed by atoms with Crippen LogP contribution in [0, 0.1) is 16.7 Å². The van der Waals surface area contributed by atoms with Crippen molar-refractivity contribution >= 4 is 6.09 Å². The predicted molar refractivity (Wildman–Crippen MR) is 97.3 cm³/mol. The molecule has 4 heteroatoms. The number of nitrogens with zero attached hydrogens (tertiary/aromatic N) is 2. The van der Waals surface area contributed by atoms with Gasteiger partial charge in [0, 0.05) is 18.0 Å². The van der Waals surface area contributed by atoms with E-state index in [1.807, 2.05) is 37.8 Å². The van der Waals surface area contributed by atoms with E-state index in [9.17, 15) is 10.1 Å². The van der Waals surface area contributed by atoms with Crippen LogP contribution < -0.4 is 0 Å². The van der Waals surface area contributed by atoms with E-state index in [1.165, 1.54) is 11.1 Å². The Labute approximate surface area is 150 Å². The number of hydrogen-bond donors (Lipinski definition) is 0. The maximum atomic E-state index is 12.8. The molecular weight excluding hydrogens is 312 g/mol. The Morgan fingerprint density at radius 2 is 2.00 bits per heavy atom. The molecule has 25 heavy (non-hydrogen) atoms. The molecule has 3 rings (SSSR count). The Morgan fingerprint density at radius 3 is 2.60 bits per heavy atom. The molecular formula is C21H28N2O2. The summed E-state index contributed by atoms with van der Waals surface area (Å²) in [7, 11) is 0. The predicted octanol–water partition coefficient (Wildman–Crippen LogP) is 4.41. The molecule has 1 saturated heterocycles. The number of fused-ring (bicyclic) bond motifs is 4. The number of nitriles is 1. The minimum Gasteiger partial charge on any atom is -0.444 e. The van der Waals surface area contributed by atoms with E-state index in [-0.39, 0.29) is 23.0 Å².